The Bertz CT molecular complexity index is 536. The van der Waals surface area contributed by atoms with Crippen LogP contribution in [0, 0.1) is 13.8 Å². The van der Waals surface area contributed by atoms with Crippen molar-refractivity contribution in [3.8, 4) is 0 Å². The van der Waals surface area contributed by atoms with Crippen molar-refractivity contribution in [2.75, 3.05) is 6.54 Å². The number of aromatic nitrogens is 3. The summed E-state index contributed by atoms with van der Waals surface area (Å²) < 4.78 is 2.01. The van der Waals surface area contributed by atoms with E-state index in [4.69, 9.17) is 0 Å². The molecule has 0 fully saturated rings. The molecular formula is C15H24N4S. The molecule has 2 aromatic heterocycles. The van der Waals surface area contributed by atoms with Gasteiger partial charge in [-0.15, -0.1) is 11.3 Å². The minimum absolute atomic E-state index is 0.319. The molecule has 0 spiro atoms. The van der Waals surface area contributed by atoms with Gasteiger partial charge in [-0.2, -0.15) is 5.10 Å². The van der Waals surface area contributed by atoms with Gasteiger partial charge in [-0.05, 0) is 45.9 Å². The van der Waals surface area contributed by atoms with Gasteiger partial charge in [0.15, 0.2) is 0 Å². The maximum atomic E-state index is 4.43. The first-order valence-electron chi connectivity index (χ1n) is 7.21. The van der Waals surface area contributed by atoms with Gasteiger partial charge >= 0.3 is 0 Å². The zero-order valence-electron chi connectivity index (χ0n) is 13.0. The molecule has 5 heteroatoms. The third kappa shape index (κ3) is 3.27. The Morgan fingerprint density at radius 1 is 1.35 bits per heavy atom. The highest BCUT2D eigenvalue weighted by molar-refractivity contribution is 7.12. The lowest BCUT2D eigenvalue weighted by atomic mass is 10.1. The Balaban J connectivity index is 2.23. The molecule has 0 aliphatic carbocycles. The molecule has 0 saturated carbocycles. The van der Waals surface area contributed by atoms with E-state index in [1.165, 1.54) is 15.3 Å². The molecule has 0 radical (unpaired) electrons. The molecule has 20 heavy (non-hydrogen) atoms. The molecule has 4 nitrogen and oxygen atoms in total. The molecule has 2 aromatic rings. The van der Waals surface area contributed by atoms with Crippen LogP contribution in [-0.4, -0.2) is 21.3 Å². The number of hydrogen-bond acceptors (Lipinski definition) is 4. The predicted octanol–water partition coefficient (Wildman–Crippen LogP) is 3.43. The predicted molar refractivity (Wildman–Crippen MR) is 84.3 cm³/mol. The van der Waals surface area contributed by atoms with Gasteiger partial charge in [-0.1, -0.05) is 6.92 Å². The van der Waals surface area contributed by atoms with E-state index >= 15 is 0 Å². The summed E-state index contributed by atoms with van der Waals surface area (Å²) in [6, 6.07) is 2.96. The molecule has 110 valence electrons. The van der Waals surface area contributed by atoms with Crippen molar-refractivity contribution >= 4 is 11.3 Å². The van der Waals surface area contributed by atoms with Crippen LogP contribution in [0.2, 0.25) is 0 Å². The summed E-state index contributed by atoms with van der Waals surface area (Å²) in [6.45, 7) is 11.7. The van der Waals surface area contributed by atoms with E-state index in [1.54, 1.807) is 6.33 Å². The van der Waals surface area contributed by atoms with Crippen molar-refractivity contribution in [1.29, 1.82) is 0 Å². The lowest BCUT2D eigenvalue weighted by Crippen LogP contribution is -2.24. The number of aryl methyl sites for hydroxylation is 2. The Kier molecular flexibility index (Phi) is 4.94. The zero-order valence-corrected chi connectivity index (χ0v) is 13.8. The largest absolute Gasteiger partial charge is 0.309 e. The average molecular weight is 292 g/mol. The maximum absolute atomic E-state index is 4.43. The SMILES string of the molecule is CCNC(Cc1ncnn1C(C)C)c1cc(C)c(C)s1. The molecule has 0 aromatic carbocycles. The fourth-order valence-electron chi connectivity index (χ4n) is 2.33. The van der Waals surface area contributed by atoms with Crippen molar-refractivity contribution in [2.45, 2.75) is 53.1 Å². The van der Waals surface area contributed by atoms with Crippen LogP contribution >= 0.6 is 11.3 Å². The highest BCUT2D eigenvalue weighted by Crippen LogP contribution is 2.28. The van der Waals surface area contributed by atoms with Gasteiger partial charge in [0.1, 0.15) is 12.2 Å². The summed E-state index contributed by atoms with van der Waals surface area (Å²) in [5.41, 5.74) is 1.37. The Labute approximate surface area is 125 Å². The fraction of sp³-hybridized carbons (Fsp3) is 0.600. The zero-order chi connectivity index (χ0) is 14.7. The molecule has 1 N–H and O–H groups in total. The van der Waals surface area contributed by atoms with Gasteiger partial charge in [-0.3, -0.25) is 0 Å². The van der Waals surface area contributed by atoms with Crippen LogP contribution in [0.4, 0.5) is 0 Å². The second-order valence-electron chi connectivity index (χ2n) is 5.42. The van der Waals surface area contributed by atoms with Gasteiger partial charge in [0.2, 0.25) is 0 Å². The second-order valence-corrected chi connectivity index (χ2v) is 6.70. The van der Waals surface area contributed by atoms with Crippen LogP contribution in [0.3, 0.4) is 0 Å². The first kappa shape index (κ1) is 15.2. The van der Waals surface area contributed by atoms with E-state index in [2.05, 4.69) is 56.1 Å². The van der Waals surface area contributed by atoms with E-state index in [1.807, 2.05) is 16.0 Å². The standard InChI is InChI=1S/C15H24N4S/c1-6-16-13(14-7-11(4)12(5)20-14)8-15-17-9-18-19(15)10(2)3/h7,9-10,13,16H,6,8H2,1-5H3. The fourth-order valence-corrected chi connectivity index (χ4v) is 3.45. The van der Waals surface area contributed by atoms with Crippen molar-refractivity contribution < 1.29 is 0 Å². The summed E-state index contributed by atoms with van der Waals surface area (Å²) in [5.74, 6) is 1.05. The number of likely N-dealkylation sites (N-methyl/N-ethyl adjacent to an activating group) is 1. The van der Waals surface area contributed by atoms with Crippen LogP contribution in [0.25, 0.3) is 0 Å². The first-order valence-corrected chi connectivity index (χ1v) is 8.03. The van der Waals surface area contributed by atoms with Crippen molar-refractivity contribution in [2.24, 2.45) is 0 Å². The van der Waals surface area contributed by atoms with Crippen LogP contribution in [-0.2, 0) is 6.42 Å². The third-order valence-electron chi connectivity index (χ3n) is 3.50. The summed E-state index contributed by atoms with van der Waals surface area (Å²) in [5, 5.41) is 7.90. The number of nitrogens with zero attached hydrogens (tertiary/aromatic N) is 3. The number of nitrogens with one attached hydrogen (secondary N) is 1. The van der Waals surface area contributed by atoms with E-state index in [0.717, 1.165) is 18.8 Å². The highest BCUT2D eigenvalue weighted by Gasteiger charge is 2.18. The maximum Gasteiger partial charge on any atom is 0.138 e. The summed E-state index contributed by atoms with van der Waals surface area (Å²) >= 11 is 1.88. The summed E-state index contributed by atoms with van der Waals surface area (Å²) in [4.78, 5) is 7.22. The minimum Gasteiger partial charge on any atom is -0.309 e. The Morgan fingerprint density at radius 2 is 2.10 bits per heavy atom. The minimum atomic E-state index is 0.319. The lowest BCUT2D eigenvalue weighted by molar-refractivity contribution is 0.471. The van der Waals surface area contributed by atoms with E-state index in [0.29, 0.717) is 12.1 Å². The molecule has 0 bridgehead atoms. The number of hydrogen-bond donors (Lipinski definition) is 1. The monoisotopic (exact) mass is 292 g/mol. The van der Waals surface area contributed by atoms with Gasteiger partial charge < -0.3 is 5.32 Å². The first-order chi connectivity index (χ1) is 9.52. The summed E-state index contributed by atoms with van der Waals surface area (Å²) in [6.07, 6.45) is 2.54. The Morgan fingerprint density at radius 3 is 2.65 bits per heavy atom. The highest BCUT2D eigenvalue weighted by atomic mass is 32.1. The van der Waals surface area contributed by atoms with E-state index in [-0.39, 0.29) is 0 Å². The normalized spacial score (nSPS) is 13.1. The topological polar surface area (TPSA) is 42.7 Å². The summed E-state index contributed by atoms with van der Waals surface area (Å²) in [7, 11) is 0. The molecule has 0 aliphatic rings. The number of rotatable bonds is 6. The van der Waals surface area contributed by atoms with Gasteiger partial charge in [-0.25, -0.2) is 9.67 Å². The van der Waals surface area contributed by atoms with Crippen molar-refractivity contribution in [1.82, 2.24) is 20.1 Å². The van der Waals surface area contributed by atoms with Crippen LogP contribution in [0.1, 0.15) is 54.0 Å². The Hall–Kier alpha value is -1.20. The second kappa shape index (κ2) is 6.50. The average Bonchev–Trinajstić information content (AvgIpc) is 2.97. The van der Waals surface area contributed by atoms with Crippen molar-refractivity contribution in [3.63, 3.8) is 0 Å². The molecular weight excluding hydrogens is 268 g/mol. The molecule has 2 heterocycles. The van der Waals surface area contributed by atoms with Crippen LogP contribution < -0.4 is 5.32 Å². The van der Waals surface area contributed by atoms with Gasteiger partial charge in [0, 0.05) is 28.3 Å². The van der Waals surface area contributed by atoms with Crippen LogP contribution in [0.15, 0.2) is 12.4 Å². The molecule has 1 atom stereocenters. The lowest BCUT2D eigenvalue weighted by Gasteiger charge is -2.17. The molecule has 0 saturated heterocycles. The van der Waals surface area contributed by atoms with Crippen LogP contribution in [0.5, 0.6) is 0 Å². The molecule has 1 unspecified atom stereocenters. The van der Waals surface area contributed by atoms with E-state index < -0.39 is 0 Å². The van der Waals surface area contributed by atoms with Gasteiger partial charge in [0.05, 0.1) is 0 Å². The van der Waals surface area contributed by atoms with Gasteiger partial charge in [0.25, 0.3) is 0 Å². The molecule has 0 amide bonds. The number of thiophene rings is 1. The third-order valence-corrected chi connectivity index (χ3v) is 4.77. The molecule has 0 aliphatic heterocycles. The van der Waals surface area contributed by atoms with Crippen molar-refractivity contribution in [3.05, 3.63) is 33.5 Å². The van der Waals surface area contributed by atoms with E-state index in [9.17, 15) is 0 Å². The quantitative estimate of drug-likeness (QED) is 0.887. The smallest absolute Gasteiger partial charge is 0.138 e. The molecule has 2 rings (SSSR count).